The third-order valence-corrected chi connectivity index (χ3v) is 3.40. The average Bonchev–Trinajstić information content (AvgIpc) is 2.78. The Hall–Kier alpha value is -0.990. The van der Waals surface area contributed by atoms with E-state index in [9.17, 15) is 20.4 Å². The second-order valence-corrected chi connectivity index (χ2v) is 5.37. The number of fused-ring (bicyclic) bond motifs is 1. The molecule has 7 heteroatoms. The summed E-state index contributed by atoms with van der Waals surface area (Å²) in [6, 6.07) is 5.35. The summed E-state index contributed by atoms with van der Waals surface area (Å²) in [5.74, 6) is 0.139. The van der Waals surface area contributed by atoms with Gasteiger partial charge in [0.2, 0.25) is 0 Å². The van der Waals surface area contributed by atoms with Crippen molar-refractivity contribution < 1.29 is 20.4 Å². The van der Waals surface area contributed by atoms with Crippen molar-refractivity contribution in [2.75, 3.05) is 0 Å². The molecule has 1 heterocycles. The predicted molar refractivity (Wildman–Crippen MR) is 72.4 cm³/mol. The predicted octanol–water partition coefficient (Wildman–Crippen LogP) is 0.461. The number of benzene rings is 1. The van der Waals surface area contributed by atoms with Crippen LogP contribution < -0.4 is 0 Å². The molecular formula is C12H15BrN2O4. The van der Waals surface area contributed by atoms with E-state index in [1.165, 1.54) is 6.92 Å². The highest BCUT2D eigenvalue weighted by molar-refractivity contribution is 9.10. The van der Waals surface area contributed by atoms with E-state index >= 15 is 0 Å². The highest BCUT2D eigenvalue weighted by atomic mass is 79.9. The Morgan fingerprint density at radius 1 is 1.16 bits per heavy atom. The minimum atomic E-state index is -1.52. The molecule has 0 bridgehead atoms. The van der Waals surface area contributed by atoms with Crippen molar-refractivity contribution in [2.24, 2.45) is 0 Å². The van der Waals surface area contributed by atoms with Gasteiger partial charge in [0.05, 0.1) is 17.1 Å². The van der Waals surface area contributed by atoms with E-state index in [1.807, 2.05) is 0 Å². The maximum absolute atomic E-state index is 9.95. The standard InChI is InChI=1S/C12H15BrN2O4/c1-5(16)9(17)10(18)11(19)12-14-7-3-2-6(13)4-8(7)15-12/h2-5,9-11,16-19H,1H3,(H,14,15)/t5-,9-,10+,11+/m1/s1. The van der Waals surface area contributed by atoms with Crippen LogP contribution in [0.15, 0.2) is 22.7 Å². The fourth-order valence-corrected chi connectivity index (χ4v) is 2.14. The SMILES string of the molecule is C[C@@H](O)[C@@H](O)[C@H](O)[C@H](O)c1nc2ccc(Br)cc2[nH]1. The molecule has 0 unspecified atom stereocenters. The van der Waals surface area contributed by atoms with E-state index in [0.717, 1.165) is 4.47 Å². The number of aromatic amines is 1. The molecule has 4 atom stereocenters. The van der Waals surface area contributed by atoms with Crippen LogP contribution in [0.2, 0.25) is 0 Å². The van der Waals surface area contributed by atoms with Crippen molar-refractivity contribution in [3.8, 4) is 0 Å². The molecule has 0 radical (unpaired) electrons. The number of nitrogens with zero attached hydrogens (tertiary/aromatic N) is 1. The summed E-state index contributed by atoms with van der Waals surface area (Å²) in [4.78, 5) is 7.00. The van der Waals surface area contributed by atoms with Gasteiger partial charge < -0.3 is 25.4 Å². The van der Waals surface area contributed by atoms with Crippen LogP contribution in [0.4, 0.5) is 0 Å². The number of aliphatic hydroxyl groups is 4. The summed E-state index contributed by atoms with van der Waals surface area (Å²) in [6.45, 7) is 1.33. The van der Waals surface area contributed by atoms with Crippen molar-refractivity contribution in [1.82, 2.24) is 9.97 Å². The van der Waals surface area contributed by atoms with Gasteiger partial charge in [0.25, 0.3) is 0 Å². The monoisotopic (exact) mass is 330 g/mol. The van der Waals surface area contributed by atoms with Crippen molar-refractivity contribution in [2.45, 2.75) is 31.3 Å². The zero-order valence-corrected chi connectivity index (χ0v) is 11.7. The molecule has 2 rings (SSSR count). The first-order chi connectivity index (χ1) is 8.90. The Bertz CT molecular complexity index is 572. The largest absolute Gasteiger partial charge is 0.391 e. The van der Waals surface area contributed by atoms with Crippen LogP contribution in [-0.4, -0.2) is 48.7 Å². The molecule has 6 nitrogen and oxygen atoms in total. The van der Waals surface area contributed by atoms with Gasteiger partial charge in [0, 0.05) is 4.47 Å². The van der Waals surface area contributed by atoms with Gasteiger partial charge in [-0.25, -0.2) is 4.98 Å². The zero-order chi connectivity index (χ0) is 14.2. The molecule has 2 aromatic rings. The van der Waals surface area contributed by atoms with Gasteiger partial charge in [0.15, 0.2) is 0 Å². The van der Waals surface area contributed by atoms with Crippen molar-refractivity contribution in [3.63, 3.8) is 0 Å². The Kier molecular flexibility index (Phi) is 4.22. The first-order valence-corrected chi connectivity index (χ1v) is 6.57. The summed E-state index contributed by atoms with van der Waals surface area (Å²) in [5.41, 5.74) is 1.33. The summed E-state index contributed by atoms with van der Waals surface area (Å²) in [7, 11) is 0. The Balaban J connectivity index is 2.28. The number of imidazole rings is 1. The van der Waals surface area contributed by atoms with E-state index in [-0.39, 0.29) is 5.82 Å². The number of H-pyrrole nitrogens is 1. The fourth-order valence-electron chi connectivity index (χ4n) is 1.78. The van der Waals surface area contributed by atoms with Crippen LogP contribution in [0.5, 0.6) is 0 Å². The highest BCUT2D eigenvalue weighted by Gasteiger charge is 2.30. The van der Waals surface area contributed by atoms with Crippen molar-refractivity contribution in [3.05, 3.63) is 28.5 Å². The zero-order valence-electron chi connectivity index (χ0n) is 10.2. The van der Waals surface area contributed by atoms with Gasteiger partial charge in [-0.1, -0.05) is 15.9 Å². The molecule has 1 aromatic heterocycles. The molecule has 0 aliphatic carbocycles. The van der Waals surface area contributed by atoms with Crippen LogP contribution in [0.25, 0.3) is 11.0 Å². The third kappa shape index (κ3) is 2.96. The summed E-state index contributed by atoms with van der Waals surface area (Å²) in [6.07, 6.45) is -5.53. The quantitative estimate of drug-likeness (QED) is 0.559. The summed E-state index contributed by atoms with van der Waals surface area (Å²) in [5, 5.41) is 38.5. The molecular weight excluding hydrogens is 316 g/mol. The molecule has 5 N–H and O–H groups in total. The highest BCUT2D eigenvalue weighted by Crippen LogP contribution is 2.23. The lowest BCUT2D eigenvalue weighted by Gasteiger charge is -2.23. The van der Waals surface area contributed by atoms with E-state index < -0.39 is 24.4 Å². The fraction of sp³-hybridized carbons (Fsp3) is 0.417. The maximum Gasteiger partial charge on any atom is 0.140 e. The lowest BCUT2D eigenvalue weighted by molar-refractivity contribution is -0.103. The lowest BCUT2D eigenvalue weighted by atomic mass is 10.0. The average molecular weight is 331 g/mol. The van der Waals surface area contributed by atoms with E-state index in [1.54, 1.807) is 18.2 Å². The van der Waals surface area contributed by atoms with Gasteiger partial charge in [-0.15, -0.1) is 0 Å². The van der Waals surface area contributed by atoms with E-state index in [2.05, 4.69) is 25.9 Å². The van der Waals surface area contributed by atoms with Crippen LogP contribution >= 0.6 is 15.9 Å². The van der Waals surface area contributed by atoms with Gasteiger partial charge in [-0.05, 0) is 25.1 Å². The van der Waals surface area contributed by atoms with Crippen LogP contribution in [0.1, 0.15) is 18.9 Å². The van der Waals surface area contributed by atoms with Crippen LogP contribution in [0, 0.1) is 0 Å². The number of rotatable bonds is 4. The number of hydrogen-bond acceptors (Lipinski definition) is 5. The van der Waals surface area contributed by atoms with Gasteiger partial charge >= 0.3 is 0 Å². The number of aliphatic hydroxyl groups excluding tert-OH is 4. The van der Waals surface area contributed by atoms with Crippen LogP contribution in [0.3, 0.4) is 0 Å². The number of halogens is 1. The second kappa shape index (κ2) is 5.56. The smallest absolute Gasteiger partial charge is 0.140 e. The number of aromatic nitrogens is 2. The minimum Gasteiger partial charge on any atom is -0.391 e. The third-order valence-electron chi connectivity index (χ3n) is 2.91. The normalized spacial score (nSPS) is 18.2. The van der Waals surface area contributed by atoms with E-state index in [0.29, 0.717) is 11.0 Å². The maximum atomic E-state index is 9.95. The lowest BCUT2D eigenvalue weighted by Crippen LogP contribution is -2.39. The summed E-state index contributed by atoms with van der Waals surface area (Å²) >= 11 is 3.32. The van der Waals surface area contributed by atoms with Crippen molar-refractivity contribution >= 4 is 27.0 Å². The number of hydrogen-bond donors (Lipinski definition) is 5. The molecule has 19 heavy (non-hydrogen) atoms. The van der Waals surface area contributed by atoms with E-state index in [4.69, 9.17) is 0 Å². The molecule has 0 aliphatic rings. The van der Waals surface area contributed by atoms with Gasteiger partial charge in [-0.3, -0.25) is 0 Å². The minimum absolute atomic E-state index is 0.139. The molecule has 104 valence electrons. The number of nitrogens with one attached hydrogen (secondary N) is 1. The molecule has 1 aromatic carbocycles. The Morgan fingerprint density at radius 2 is 1.84 bits per heavy atom. The molecule has 0 aliphatic heterocycles. The van der Waals surface area contributed by atoms with Gasteiger partial charge in [0.1, 0.15) is 24.1 Å². The van der Waals surface area contributed by atoms with Crippen LogP contribution in [-0.2, 0) is 0 Å². The first kappa shape index (κ1) is 14.4. The molecule has 0 saturated carbocycles. The molecule has 0 spiro atoms. The molecule has 0 fully saturated rings. The van der Waals surface area contributed by atoms with Gasteiger partial charge in [-0.2, -0.15) is 0 Å². The second-order valence-electron chi connectivity index (χ2n) is 4.45. The first-order valence-electron chi connectivity index (χ1n) is 5.77. The Morgan fingerprint density at radius 3 is 2.47 bits per heavy atom. The topological polar surface area (TPSA) is 110 Å². The molecule has 0 amide bonds. The molecule has 0 saturated heterocycles. The summed E-state index contributed by atoms with van der Waals surface area (Å²) < 4.78 is 0.856. The Labute approximate surface area is 117 Å². The van der Waals surface area contributed by atoms with Crippen molar-refractivity contribution in [1.29, 1.82) is 0 Å².